The van der Waals surface area contributed by atoms with Crippen molar-refractivity contribution in [1.82, 2.24) is 14.8 Å². The molecule has 3 heterocycles. The molecular formula is C20H23N3O2. The molecule has 1 aromatic carbocycles. The molecule has 2 saturated heterocycles. The van der Waals surface area contributed by atoms with Gasteiger partial charge in [0.05, 0.1) is 25.3 Å². The van der Waals surface area contributed by atoms with Gasteiger partial charge in [0.25, 0.3) is 5.91 Å². The van der Waals surface area contributed by atoms with E-state index in [0.29, 0.717) is 25.5 Å². The van der Waals surface area contributed by atoms with Gasteiger partial charge >= 0.3 is 0 Å². The van der Waals surface area contributed by atoms with Crippen molar-refractivity contribution in [2.45, 2.75) is 19.0 Å². The average molecular weight is 337 g/mol. The summed E-state index contributed by atoms with van der Waals surface area (Å²) in [4.78, 5) is 21.6. The summed E-state index contributed by atoms with van der Waals surface area (Å²) in [6.07, 6.45) is 0. The van der Waals surface area contributed by atoms with Crippen molar-refractivity contribution in [3.63, 3.8) is 0 Å². The largest absolute Gasteiger partial charge is 0.378 e. The first-order valence-corrected chi connectivity index (χ1v) is 8.84. The van der Waals surface area contributed by atoms with Gasteiger partial charge in [0.15, 0.2) is 0 Å². The zero-order valence-electron chi connectivity index (χ0n) is 14.5. The third-order valence-electron chi connectivity index (χ3n) is 5.09. The van der Waals surface area contributed by atoms with Crippen molar-refractivity contribution in [3.8, 4) is 0 Å². The highest BCUT2D eigenvalue weighted by molar-refractivity contribution is 5.92. The predicted molar refractivity (Wildman–Crippen MR) is 95.4 cm³/mol. The van der Waals surface area contributed by atoms with E-state index in [0.717, 1.165) is 18.8 Å². The number of carbonyl (C=O) groups excluding carboxylic acids is 1. The van der Waals surface area contributed by atoms with E-state index >= 15 is 0 Å². The van der Waals surface area contributed by atoms with Crippen LogP contribution in [0.5, 0.6) is 0 Å². The smallest absolute Gasteiger partial charge is 0.272 e. The van der Waals surface area contributed by atoms with E-state index in [4.69, 9.17) is 4.74 Å². The first kappa shape index (κ1) is 16.2. The third-order valence-corrected chi connectivity index (χ3v) is 5.09. The van der Waals surface area contributed by atoms with E-state index in [1.54, 1.807) is 6.07 Å². The number of hydrogen-bond acceptors (Lipinski definition) is 4. The molecule has 0 radical (unpaired) electrons. The van der Waals surface area contributed by atoms with Gasteiger partial charge in [-0.15, -0.1) is 0 Å². The van der Waals surface area contributed by atoms with Crippen LogP contribution in [0.3, 0.4) is 0 Å². The Bertz CT molecular complexity index is 750. The van der Waals surface area contributed by atoms with Crippen molar-refractivity contribution in [2.24, 2.45) is 0 Å². The van der Waals surface area contributed by atoms with E-state index < -0.39 is 0 Å². The highest BCUT2D eigenvalue weighted by Gasteiger charge is 2.37. The molecule has 2 fully saturated rings. The highest BCUT2D eigenvalue weighted by Crippen LogP contribution is 2.29. The van der Waals surface area contributed by atoms with E-state index in [2.05, 4.69) is 34.1 Å². The first-order chi connectivity index (χ1) is 12.2. The topological polar surface area (TPSA) is 45.7 Å². The molecule has 2 atom stereocenters. The lowest BCUT2D eigenvalue weighted by Crippen LogP contribution is -2.60. The Labute approximate surface area is 148 Å². The number of carbonyl (C=O) groups is 1. The van der Waals surface area contributed by atoms with E-state index in [1.807, 2.05) is 30.0 Å². The SMILES string of the molecule is Cc1cccc(C(=O)N2CCN3[C@@H](COC[C@@H]3c3ccccc3)C2)n1. The van der Waals surface area contributed by atoms with Gasteiger partial charge in [0.1, 0.15) is 5.69 Å². The van der Waals surface area contributed by atoms with Crippen LogP contribution in [0.25, 0.3) is 0 Å². The van der Waals surface area contributed by atoms with Crippen LogP contribution in [0, 0.1) is 6.92 Å². The van der Waals surface area contributed by atoms with Crippen molar-refractivity contribution in [3.05, 3.63) is 65.5 Å². The molecule has 2 aliphatic heterocycles. The molecule has 4 rings (SSSR count). The van der Waals surface area contributed by atoms with Gasteiger partial charge in [-0.25, -0.2) is 4.98 Å². The molecule has 0 N–H and O–H groups in total. The standard InChI is InChI=1S/C20H23N3O2/c1-15-6-5-9-18(21-15)20(24)22-10-11-23-17(12-22)13-25-14-19(23)16-7-3-2-4-8-16/h2-9,17,19H,10-14H2,1H3/t17-,19-/m1/s1. The quantitative estimate of drug-likeness (QED) is 0.843. The summed E-state index contributed by atoms with van der Waals surface area (Å²) in [5.74, 6) is 0.0187. The Morgan fingerprint density at radius 1 is 1.08 bits per heavy atom. The maximum atomic E-state index is 12.8. The summed E-state index contributed by atoms with van der Waals surface area (Å²) >= 11 is 0. The van der Waals surface area contributed by atoms with Gasteiger partial charge in [-0.1, -0.05) is 36.4 Å². The summed E-state index contributed by atoms with van der Waals surface area (Å²) in [6.45, 7) is 5.59. The molecule has 5 heteroatoms. The van der Waals surface area contributed by atoms with Gasteiger partial charge < -0.3 is 9.64 Å². The minimum Gasteiger partial charge on any atom is -0.378 e. The number of aryl methyl sites for hydroxylation is 1. The monoisotopic (exact) mass is 337 g/mol. The minimum atomic E-state index is 0.0187. The Morgan fingerprint density at radius 2 is 1.92 bits per heavy atom. The van der Waals surface area contributed by atoms with Crippen molar-refractivity contribution >= 4 is 5.91 Å². The fourth-order valence-corrected chi connectivity index (χ4v) is 3.81. The lowest BCUT2D eigenvalue weighted by atomic mass is 10.00. The lowest BCUT2D eigenvalue weighted by molar-refractivity contribution is -0.0770. The number of amides is 1. The zero-order valence-corrected chi connectivity index (χ0v) is 14.5. The number of hydrogen-bond donors (Lipinski definition) is 0. The highest BCUT2D eigenvalue weighted by atomic mass is 16.5. The molecule has 5 nitrogen and oxygen atoms in total. The number of aromatic nitrogens is 1. The second-order valence-electron chi connectivity index (χ2n) is 6.77. The second-order valence-corrected chi connectivity index (χ2v) is 6.77. The van der Waals surface area contributed by atoms with Crippen LogP contribution in [-0.4, -0.2) is 59.6 Å². The van der Waals surface area contributed by atoms with Crippen LogP contribution in [0.15, 0.2) is 48.5 Å². The third kappa shape index (κ3) is 3.30. The maximum Gasteiger partial charge on any atom is 0.272 e. The minimum absolute atomic E-state index is 0.0187. The fourth-order valence-electron chi connectivity index (χ4n) is 3.81. The fraction of sp³-hybridized carbons (Fsp3) is 0.400. The molecule has 2 aliphatic rings. The molecule has 0 saturated carbocycles. The molecule has 0 bridgehead atoms. The van der Waals surface area contributed by atoms with Gasteiger partial charge in [0.2, 0.25) is 0 Å². The number of fused-ring (bicyclic) bond motifs is 1. The van der Waals surface area contributed by atoms with Crippen molar-refractivity contribution < 1.29 is 9.53 Å². The molecule has 25 heavy (non-hydrogen) atoms. The van der Waals surface area contributed by atoms with Crippen LogP contribution in [0.4, 0.5) is 0 Å². The van der Waals surface area contributed by atoms with Crippen LogP contribution >= 0.6 is 0 Å². The summed E-state index contributed by atoms with van der Waals surface area (Å²) in [5, 5.41) is 0. The number of benzene rings is 1. The number of rotatable bonds is 2. The molecule has 2 aromatic rings. The van der Waals surface area contributed by atoms with Gasteiger partial charge in [-0.3, -0.25) is 9.69 Å². The lowest BCUT2D eigenvalue weighted by Gasteiger charge is -2.48. The molecule has 0 spiro atoms. The van der Waals surface area contributed by atoms with Crippen LogP contribution in [0.2, 0.25) is 0 Å². The molecule has 1 amide bonds. The van der Waals surface area contributed by atoms with E-state index in [1.165, 1.54) is 5.56 Å². The van der Waals surface area contributed by atoms with Crippen molar-refractivity contribution in [2.75, 3.05) is 32.8 Å². The second kappa shape index (κ2) is 6.94. The molecule has 0 unspecified atom stereocenters. The number of piperazine rings is 1. The summed E-state index contributed by atoms with van der Waals surface area (Å²) < 4.78 is 5.86. The van der Waals surface area contributed by atoms with Gasteiger partial charge in [-0.2, -0.15) is 0 Å². The molecular weight excluding hydrogens is 314 g/mol. The Kier molecular flexibility index (Phi) is 4.51. The number of ether oxygens (including phenoxy) is 1. The first-order valence-electron chi connectivity index (χ1n) is 8.84. The normalized spacial score (nSPS) is 24.0. The average Bonchev–Trinajstić information content (AvgIpc) is 2.67. The van der Waals surface area contributed by atoms with Gasteiger partial charge in [-0.05, 0) is 24.6 Å². The summed E-state index contributed by atoms with van der Waals surface area (Å²) in [5.41, 5.74) is 2.69. The number of pyridine rings is 1. The van der Waals surface area contributed by atoms with Gasteiger partial charge in [0, 0.05) is 25.3 Å². The number of nitrogens with zero attached hydrogens (tertiary/aromatic N) is 3. The predicted octanol–water partition coefficient (Wildman–Crippen LogP) is 2.29. The summed E-state index contributed by atoms with van der Waals surface area (Å²) in [6, 6.07) is 16.6. The van der Waals surface area contributed by atoms with Crippen molar-refractivity contribution in [1.29, 1.82) is 0 Å². The molecule has 130 valence electrons. The van der Waals surface area contributed by atoms with Crippen LogP contribution in [0.1, 0.15) is 27.8 Å². The molecule has 0 aliphatic carbocycles. The molecule has 1 aromatic heterocycles. The van der Waals surface area contributed by atoms with Crippen LogP contribution in [-0.2, 0) is 4.74 Å². The summed E-state index contributed by atoms with van der Waals surface area (Å²) in [7, 11) is 0. The van der Waals surface area contributed by atoms with E-state index in [9.17, 15) is 4.79 Å². The van der Waals surface area contributed by atoms with Crippen LogP contribution < -0.4 is 0 Å². The van der Waals surface area contributed by atoms with E-state index in [-0.39, 0.29) is 18.0 Å². The zero-order chi connectivity index (χ0) is 17.2. The Morgan fingerprint density at radius 3 is 2.72 bits per heavy atom. The Hall–Kier alpha value is -2.24. The number of morpholine rings is 1. The Balaban J connectivity index is 1.49. The maximum absolute atomic E-state index is 12.8.